The topological polar surface area (TPSA) is 52.1 Å². The van der Waals surface area contributed by atoms with Gasteiger partial charge in [0.2, 0.25) is 0 Å². The lowest BCUT2D eigenvalue weighted by Crippen LogP contribution is -2.04. The summed E-state index contributed by atoms with van der Waals surface area (Å²) in [6, 6.07) is 9.37. The lowest BCUT2D eigenvalue weighted by atomic mass is 10.1. The van der Waals surface area contributed by atoms with Crippen LogP contribution in [-0.4, -0.2) is 21.2 Å². The number of halogens is 1. The van der Waals surface area contributed by atoms with Gasteiger partial charge in [0, 0.05) is 33.8 Å². The van der Waals surface area contributed by atoms with Gasteiger partial charge in [0.25, 0.3) is 0 Å². The van der Waals surface area contributed by atoms with Crippen molar-refractivity contribution in [3.05, 3.63) is 41.6 Å². The largest absolute Gasteiger partial charge is 0.416 e. The lowest BCUT2D eigenvalue weighted by Gasteiger charge is -2.09. The second-order valence-corrected chi connectivity index (χ2v) is 5.46. The monoisotopic (exact) mass is 390 g/mol. The first-order chi connectivity index (χ1) is 16.7. The fourth-order valence-corrected chi connectivity index (χ4v) is 2.08. The third-order valence-corrected chi connectivity index (χ3v) is 3.25. The molecule has 6 heteroatoms. The summed E-state index contributed by atoms with van der Waals surface area (Å²) in [7, 11) is 0. The number of hydrogen-bond donors (Lipinski definition) is 0. The van der Waals surface area contributed by atoms with Crippen molar-refractivity contribution >= 4 is 28.7 Å². The molecule has 0 bridgehead atoms. The Labute approximate surface area is 175 Å². The van der Waals surface area contributed by atoms with Gasteiger partial charge in [0.15, 0.2) is 10.9 Å². The van der Waals surface area contributed by atoms with Crippen LogP contribution in [0.1, 0.15) is 61.7 Å². The predicted molar refractivity (Wildman–Crippen MR) is 104 cm³/mol. The minimum absolute atomic E-state index is 0.0455. The summed E-state index contributed by atoms with van der Waals surface area (Å²) in [5.41, 5.74) is -3.02. The zero-order valence-corrected chi connectivity index (χ0v) is 14.7. The van der Waals surface area contributed by atoms with Crippen LogP contribution in [0.4, 0.5) is 4.79 Å². The number of carbonyl (C=O) groups excluding carboxylic acids is 1. The zero-order valence-electron chi connectivity index (χ0n) is 25.2. The minimum atomic E-state index is -3.97. The van der Waals surface area contributed by atoms with Crippen LogP contribution in [0, 0.1) is 0 Å². The van der Waals surface area contributed by atoms with Crippen molar-refractivity contribution in [1.82, 2.24) is 10.2 Å². The number of carbonyl (C=O) groups is 1. The normalized spacial score (nSPS) is 21.2. The SMILES string of the molecule is [2H]C([2H])(CC)C([2H])([2H])C([2H])([2H])C([2H])([2H])C([2H])([2H])C([2H])([2H])SC(=O)Oc1cc(Cl)nnc1-c1ccccc1. The number of thioether (sulfide) groups is 1. The van der Waals surface area contributed by atoms with E-state index in [4.69, 9.17) is 32.8 Å². The van der Waals surface area contributed by atoms with E-state index in [2.05, 4.69) is 10.2 Å². The number of nitrogens with zero attached hydrogens (tertiary/aromatic N) is 2. The first kappa shape index (κ1) is 8.87. The van der Waals surface area contributed by atoms with Crippen molar-refractivity contribution in [1.29, 1.82) is 0 Å². The molecule has 134 valence electrons. The van der Waals surface area contributed by atoms with E-state index in [1.165, 1.54) is 6.92 Å². The van der Waals surface area contributed by atoms with Crippen LogP contribution < -0.4 is 4.74 Å². The molecule has 0 saturated carbocycles. The smallest absolute Gasteiger partial charge is 0.372 e. The first-order valence-electron chi connectivity index (χ1n) is 13.2. The van der Waals surface area contributed by atoms with E-state index in [1.807, 2.05) is 0 Å². The first-order valence-corrected chi connectivity index (χ1v) is 8.35. The van der Waals surface area contributed by atoms with Crippen molar-refractivity contribution in [2.24, 2.45) is 0 Å². The molecule has 0 radical (unpaired) electrons. The molecule has 1 aromatic heterocycles. The highest BCUT2D eigenvalue weighted by molar-refractivity contribution is 8.13. The van der Waals surface area contributed by atoms with Crippen molar-refractivity contribution in [3.63, 3.8) is 0 Å². The third-order valence-electron chi connectivity index (χ3n) is 2.61. The molecule has 0 atom stereocenters. The number of hydrogen-bond acceptors (Lipinski definition) is 5. The molecule has 0 N–H and O–H groups in total. The Morgan fingerprint density at radius 1 is 1.16 bits per heavy atom. The van der Waals surface area contributed by atoms with Crippen molar-refractivity contribution in [3.8, 4) is 17.0 Å². The summed E-state index contributed by atoms with van der Waals surface area (Å²) in [4.78, 5) is 12.6. The van der Waals surface area contributed by atoms with Gasteiger partial charge in [0.05, 0.1) is 0 Å². The van der Waals surface area contributed by atoms with Gasteiger partial charge in [0.1, 0.15) is 5.69 Å². The maximum Gasteiger partial charge on any atom is 0.372 e. The molecule has 0 aliphatic rings. The van der Waals surface area contributed by atoms with Gasteiger partial charge >= 0.3 is 5.30 Å². The Hall–Kier alpha value is -1.59. The quantitative estimate of drug-likeness (QED) is 0.464. The Morgan fingerprint density at radius 2 is 1.88 bits per heavy atom. The maximum absolute atomic E-state index is 12.6. The van der Waals surface area contributed by atoms with Crippen LogP contribution >= 0.6 is 23.4 Å². The Balaban J connectivity index is 2.40. The molecule has 0 fully saturated rings. The van der Waals surface area contributed by atoms with Crippen molar-refractivity contribution in [2.75, 3.05) is 5.70 Å². The molecule has 0 aliphatic heterocycles. The molecule has 1 aromatic carbocycles. The van der Waals surface area contributed by atoms with Gasteiger partial charge in [-0.05, 0) is 18.1 Å². The standard InChI is InChI=1S/C19H23ClN2O2S/c1-2-3-4-5-6-10-13-25-19(23)24-16-14-17(20)21-22-18(16)15-11-8-7-9-12-15/h7-9,11-12,14H,2-6,10,13H2,1H3/i3D2,4D2,5D2,6D2,10D2,13D2. The summed E-state index contributed by atoms with van der Waals surface area (Å²) in [6.07, 6.45) is -18.8. The third kappa shape index (κ3) is 7.04. The molecule has 0 amide bonds. The fraction of sp³-hybridized carbons (Fsp3) is 0.421. The van der Waals surface area contributed by atoms with Gasteiger partial charge in [-0.15, -0.1) is 10.2 Å². The van der Waals surface area contributed by atoms with E-state index in [1.54, 1.807) is 30.3 Å². The Morgan fingerprint density at radius 3 is 2.64 bits per heavy atom. The van der Waals surface area contributed by atoms with Crippen LogP contribution in [-0.2, 0) is 0 Å². The van der Waals surface area contributed by atoms with Crippen molar-refractivity contribution < 1.29 is 26.0 Å². The molecule has 0 spiro atoms. The average Bonchev–Trinajstić information content (AvgIpc) is 2.78. The molecular formula is C19H23ClN2O2S. The molecule has 2 aromatic rings. The lowest BCUT2D eigenvalue weighted by molar-refractivity contribution is 0.227. The van der Waals surface area contributed by atoms with E-state index in [-0.39, 0.29) is 16.6 Å². The molecule has 0 aliphatic carbocycles. The second-order valence-electron chi connectivity index (χ2n) is 4.33. The van der Waals surface area contributed by atoms with E-state index < -0.39 is 61.1 Å². The second kappa shape index (κ2) is 11.1. The van der Waals surface area contributed by atoms with Gasteiger partial charge in [-0.25, -0.2) is 4.79 Å². The Kier molecular flexibility index (Phi) is 3.94. The molecule has 1 heterocycles. The molecule has 25 heavy (non-hydrogen) atoms. The summed E-state index contributed by atoms with van der Waals surface area (Å²) in [5.74, 6) is -0.258. The van der Waals surface area contributed by atoms with E-state index in [9.17, 15) is 4.79 Å². The summed E-state index contributed by atoms with van der Waals surface area (Å²) in [5, 5.41) is 5.89. The van der Waals surface area contributed by atoms with E-state index >= 15 is 0 Å². The highest BCUT2D eigenvalue weighted by Gasteiger charge is 2.14. The molecule has 0 unspecified atom stereocenters. The van der Waals surface area contributed by atoms with Crippen LogP contribution in [0.5, 0.6) is 5.75 Å². The minimum Gasteiger partial charge on any atom is -0.416 e. The fourth-order valence-electron chi connectivity index (χ4n) is 1.62. The average molecular weight is 391 g/mol. The predicted octanol–water partition coefficient (Wildman–Crippen LogP) is 6.39. The maximum atomic E-state index is 12.6. The summed E-state index contributed by atoms with van der Waals surface area (Å²) < 4.78 is 101. The van der Waals surface area contributed by atoms with Gasteiger partial charge < -0.3 is 4.74 Å². The molecular weight excluding hydrogens is 356 g/mol. The summed E-state index contributed by atoms with van der Waals surface area (Å²) >= 11 is 5.39. The van der Waals surface area contributed by atoms with E-state index in [0.717, 1.165) is 6.07 Å². The van der Waals surface area contributed by atoms with Gasteiger partial charge in [-0.3, -0.25) is 0 Å². The molecule has 0 saturated heterocycles. The van der Waals surface area contributed by atoms with Crippen molar-refractivity contribution in [2.45, 2.75) is 45.2 Å². The van der Waals surface area contributed by atoms with Gasteiger partial charge in [-0.2, -0.15) is 0 Å². The number of ether oxygens (including phenoxy) is 1. The van der Waals surface area contributed by atoms with Crippen LogP contribution in [0.2, 0.25) is 5.15 Å². The molecule has 4 nitrogen and oxygen atoms in total. The number of benzene rings is 1. The number of aromatic nitrogens is 2. The summed E-state index contributed by atoms with van der Waals surface area (Å²) in [6.45, 7) is 1.20. The molecule has 2 rings (SSSR count). The van der Waals surface area contributed by atoms with Gasteiger partial charge in [-0.1, -0.05) is 80.8 Å². The van der Waals surface area contributed by atoms with E-state index in [0.29, 0.717) is 5.56 Å². The Bertz CT molecular complexity index is 1140. The highest BCUT2D eigenvalue weighted by atomic mass is 35.5. The highest BCUT2D eigenvalue weighted by Crippen LogP contribution is 2.30. The van der Waals surface area contributed by atoms with Crippen LogP contribution in [0.3, 0.4) is 0 Å². The van der Waals surface area contributed by atoms with Crippen LogP contribution in [0.25, 0.3) is 11.3 Å². The zero-order chi connectivity index (χ0) is 28.7. The number of rotatable bonds is 9. The van der Waals surface area contributed by atoms with Crippen LogP contribution in [0.15, 0.2) is 36.4 Å².